The molecular formula is C18H16N4. The van der Waals surface area contributed by atoms with Crippen molar-refractivity contribution >= 4 is 11.6 Å². The van der Waals surface area contributed by atoms with Gasteiger partial charge in [-0.2, -0.15) is 10.1 Å². The summed E-state index contributed by atoms with van der Waals surface area (Å²) in [5.74, 6) is 0.757. The van der Waals surface area contributed by atoms with Crippen molar-refractivity contribution in [3.8, 4) is 0 Å². The van der Waals surface area contributed by atoms with Crippen LogP contribution in [-0.2, 0) is 5.54 Å². The number of nitrogens with one attached hydrogen (secondary N) is 1. The molecule has 0 aliphatic carbocycles. The zero-order valence-electron chi connectivity index (χ0n) is 12.3. The molecule has 2 aromatic carbocycles. The van der Waals surface area contributed by atoms with Crippen molar-refractivity contribution in [3.63, 3.8) is 0 Å². The van der Waals surface area contributed by atoms with E-state index < -0.39 is 0 Å². The molecule has 4 nitrogen and oxygen atoms in total. The predicted molar refractivity (Wildman–Crippen MR) is 87.3 cm³/mol. The molecule has 22 heavy (non-hydrogen) atoms. The van der Waals surface area contributed by atoms with Crippen LogP contribution in [-0.4, -0.2) is 14.8 Å². The average Bonchev–Trinajstić information content (AvgIpc) is 3.06. The number of anilines is 1. The van der Waals surface area contributed by atoms with E-state index in [1.807, 2.05) is 28.9 Å². The Morgan fingerprint density at radius 2 is 1.64 bits per heavy atom. The summed E-state index contributed by atoms with van der Waals surface area (Å²) >= 11 is 0. The smallest absolute Gasteiger partial charge is 0.226 e. The van der Waals surface area contributed by atoms with Gasteiger partial charge in [0.2, 0.25) is 5.95 Å². The van der Waals surface area contributed by atoms with Crippen LogP contribution in [0.25, 0.3) is 5.70 Å². The quantitative estimate of drug-likeness (QED) is 0.784. The van der Waals surface area contributed by atoms with Gasteiger partial charge >= 0.3 is 0 Å². The van der Waals surface area contributed by atoms with Gasteiger partial charge < -0.3 is 5.32 Å². The normalized spacial score (nSPS) is 20.0. The maximum atomic E-state index is 4.41. The fourth-order valence-electron chi connectivity index (χ4n) is 2.92. The monoisotopic (exact) mass is 288 g/mol. The van der Waals surface area contributed by atoms with Crippen LogP contribution in [0.2, 0.25) is 0 Å². The molecule has 1 unspecified atom stereocenters. The van der Waals surface area contributed by atoms with Crippen LogP contribution in [0.4, 0.5) is 5.95 Å². The zero-order chi connectivity index (χ0) is 15.0. The van der Waals surface area contributed by atoms with E-state index in [9.17, 15) is 0 Å². The van der Waals surface area contributed by atoms with E-state index in [0.717, 1.165) is 17.2 Å². The topological polar surface area (TPSA) is 42.7 Å². The van der Waals surface area contributed by atoms with Crippen LogP contribution < -0.4 is 5.32 Å². The van der Waals surface area contributed by atoms with Gasteiger partial charge in [-0.3, -0.25) is 0 Å². The van der Waals surface area contributed by atoms with E-state index in [2.05, 4.69) is 64.8 Å². The van der Waals surface area contributed by atoms with Gasteiger partial charge in [-0.25, -0.2) is 4.68 Å². The Balaban J connectivity index is 1.91. The van der Waals surface area contributed by atoms with Crippen LogP contribution in [0.1, 0.15) is 18.1 Å². The van der Waals surface area contributed by atoms with Crippen molar-refractivity contribution in [2.75, 3.05) is 5.32 Å². The van der Waals surface area contributed by atoms with Crippen LogP contribution >= 0.6 is 0 Å². The molecule has 0 radical (unpaired) electrons. The number of nitrogens with zero attached hydrogens (tertiary/aromatic N) is 3. The second-order valence-electron chi connectivity index (χ2n) is 5.56. The van der Waals surface area contributed by atoms with Gasteiger partial charge in [0.05, 0.1) is 0 Å². The van der Waals surface area contributed by atoms with E-state index in [1.54, 1.807) is 6.33 Å². The van der Waals surface area contributed by atoms with Crippen LogP contribution in [0, 0.1) is 0 Å². The predicted octanol–water partition coefficient (Wildman–Crippen LogP) is 3.51. The van der Waals surface area contributed by atoms with Crippen molar-refractivity contribution in [2.24, 2.45) is 0 Å². The third kappa shape index (κ3) is 1.92. The summed E-state index contributed by atoms with van der Waals surface area (Å²) in [7, 11) is 0. The Labute approximate surface area is 129 Å². The first-order valence-electron chi connectivity index (χ1n) is 7.29. The lowest BCUT2D eigenvalue weighted by Crippen LogP contribution is -2.35. The SMILES string of the molecule is CC1(c2ccccc2)C=C(c2ccccc2)Nc2ncnn21. The molecule has 0 saturated heterocycles. The maximum Gasteiger partial charge on any atom is 0.226 e. The summed E-state index contributed by atoms with van der Waals surface area (Å²) in [5, 5.41) is 7.78. The van der Waals surface area contributed by atoms with E-state index in [4.69, 9.17) is 0 Å². The maximum absolute atomic E-state index is 4.41. The Kier molecular flexibility index (Phi) is 2.82. The van der Waals surface area contributed by atoms with E-state index >= 15 is 0 Å². The van der Waals surface area contributed by atoms with Gasteiger partial charge in [-0.05, 0) is 24.1 Å². The Hall–Kier alpha value is -2.88. The molecule has 0 bridgehead atoms. The number of aromatic nitrogens is 3. The summed E-state index contributed by atoms with van der Waals surface area (Å²) < 4.78 is 1.93. The Bertz CT molecular complexity index is 821. The molecule has 2 heterocycles. The van der Waals surface area contributed by atoms with Gasteiger partial charge in [-0.15, -0.1) is 0 Å². The molecule has 0 spiro atoms. The molecule has 1 aromatic heterocycles. The lowest BCUT2D eigenvalue weighted by Gasteiger charge is -2.33. The minimum Gasteiger partial charge on any atom is -0.324 e. The van der Waals surface area contributed by atoms with Crippen molar-refractivity contribution in [1.82, 2.24) is 14.8 Å². The van der Waals surface area contributed by atoms with E-state index in [0.29, 0.717) is 0 Å². The summed E-state index contributed by atoms with van der Waals surface area (Å²) in [4.78, 5) is 4.35. The van der Waals surface area contributed by atoms with Gasteiger partial charge in [0.25, 0.3) is 0 Å². The fraction of sp³-hybridized carbons (Fsp3) is 0.111. The van der Waals surface area contributed by atoms with Crippen molar-refractivity contribution < 1.29 is 0 Å². The minimum atomic E-state index is -0.372. The number of benzene rings is 2. The lowest BCUT2D eigenvalue weighted by atomic mass is 9.89. The van der Waals surface area contributed by atoms with Gasteiger partial charge in [-0.1, -0.05) is 60.7 Å². The molecule has 0 fully saturated rings. The molecule has 0 amide bonds. The van der Waals surface area contributed by atoms with Crippen LogP contribution in [0.5, 0.6) is 0 Å². The molecular weight excluding hydrogens is 272 g/mol. The van der Waals surface area contributed by atoms with Crippen LogP contribution in [0.3, 0.4) is 0 Å². The molecule has 1 aliphatic heterocycles. The summed E-state index contributed by atoms with van der Waals surface area (Å²) in [6, 6.07) is 20.7. The second-order valence-corrected chi connectivity index (χ2v) is 5.56. The molecule has 1 atom stereocenters. The number of hydrogen-bond donors (Lipinski definition) is 1. The molecule has 4 rings (SSSR count). The summed E-state index contributed by atoms with van der Waals surface area (Å²) in [6.45, 7) is 2.16. The molecule has 1 N–H and O–H groups in total. The first kappa shape index (κ1) is 12.8. The third-order valence-corrected chi connectivity index (χ3v) is 4.10. The summed E-state index contributed by atoms with van der Waals surface area (Å²) in [5.41, 5.74) is 2.99. The molecule has 3 aromatic rings. The largest absolute Gasteiger partial charge is 0.324 e. The highest BCUT2D eigenvalue weighted by Crippen LogP contribution is 2.36. The number of allylic oxidation sites excluding steroid dienone is 1. The first-order valence-corrected chi connectivity index (χ1v) is 7.29. The lowest BCUT2D eigenvalue weighted by molar-refractivity contribution is 0.442. The second kappa shape index (κ2) is 4.84. The molecule has 1 aliphatic rings. The first-order chi connectivity index (χ1) is 10.8. The molecule has 0 saturated carbocycles. The Morgan fingerprint density at radius 3 is 2.36 bits per heavy atom. The standard InChI is InChI=1S/C18H16N4/c1-18(15-10-6-3-7-11-15)12-16(14-8-4-2-5-9-14)21-17-19-13-20-22(17)18/h2-13H,1H3,(H,19,20,21). The third-order valence-electron chi connectivity index (χ3n) is 4.10. The highest BCUT2D eigenvalue weighted by Gasteiger charge is 2.34. The summed E-state index contributed by atoms with van der Waals surface area (Å²) in [6.07, 6.45) is 3.80. The van der Waals surface area contributed by atoms with Gasteiger partial charge in [0.15, 0.2) is 0 Å². The van der Waals surface area contributed by atoms with Gasteiger partial charge in [0.1, 0.15) is 11.9 Å². The van der Waals surface area contributed by atoms with E-state index in [1.165, 1.54) is 5.56 Å². The molecule has 4 heteroatoms. The highest BCUT2D eigenvalue weighted by atomic mass is 15.4. The van der Waals surface area contributed by atoms with Crippen molar-refractivity contribution in [1.29, 1.82) is 0 Å². The van der Waals surface area contributed by atoms with Crippen LogP contribution in [0.15, 0.2) is 73.1 Å². The van der Waals surface area contributed by atoms with Gasteiger partial charge in [0, 0.05) is 5.70 Å². The van der Waals surface area contributed by atoms with E-state index in [-0.39, 0.29) is 5.54 Å². The number of hydrogen-bond acceptors (Lipinski definition) is 3. The Morgan fingerprint density at radius 1 is 0.955 bits per heavy atom. The average molecular weight is 288 g/mol. The highest BCUT2D eigenvalue weighted by molar-refractivity contribution is 5.77. The zero-order valence-corrected chi connectivity index (χ0v) is 12.3. The van der Waals surface area contributed by atoms with Crippen molar-refractivity contribution in [2.45, 2.75) is 12.5 Å². The molecule has 108 valence electrons. The van der Waals surface area contributed by atoms with Crippen molar-refractivity contribution in [3.05, 3.63) is 84.2 Å². The number of fused-ring (bicyclic) bond motifs is 1. The number of rotatable bonds is 2. The minimum absolute atomic E-state index is 0.372. The fourth-order valence-corrected chi connectivity index (χ4v) is 2.92.